The minimum Gasteiger partial charge on any atom is -0.351 e. The quantitative estimate of drug-likeness (QED) is 0.541. The monoisotopic (exact) mass is 516 g/mol. The molecule has 200 valence electrons. The second kappa shape index (κ2) is 8.13. The van der Waals surface area contributed by atoms with Crippen molar-refractivity contribution in [2.24, 2.45) is 29.1 Å². The van der Waals surface area contributed by atoms with Gasteiger partial charge in [-0.1, -0.05) is 12.1 Å². The van der Waals surface area contributed by atoms with Gasteiger partial charge >= 0.3 is 0 Å². The summed E-state index contributed by atoms with van der Waals surface area (Å²) in [5, 5.41) is 5.87. The fraction of sp³-hybridized carbons (Fsp3) is 0.667. The Morgan fingerprint density at radius 3 is 2.66 bits per heavy atom. The van der Waals surface area contributed by atoms with E-state index in [1.807, 2.05) is 12.1 Å². The van der Waals surface area contributed by atoms with Gasteiger partial charge in [-0.15, -0.1) is 0 Å². The molecular weight excluding hydrogens is 480 g/mol. The Labute approximate surface area is 222 Å². The highest BCUT2D eigenvalue weighted by Gasteiger charge is 2.84. The maximum absolute atomic E-state index is 13.3. The van der Waals surface area contributed by atoms with Crippen LogP contribution in [0.5, 0.6) is 0 Å². The van der Waals surface area contributed by atoms with Gasteiger partial charge in [0.2, 0.25) is 17.7 Å². The lowest BCUT2D eigenvalue weighted by Crippen LogP contribution is -2.88. The van der Waals surface area contributed by atoms with E-state index in [4.69, 9.17) is 0 Å². The molecule has 2 saturated heterocycles. The van der Waals surface area contributed by atoms with Gasteiger partial charge in [-0.25, -0.2) is 0 Å². The largest absolute Gasteiger partial charge is 0.351 e. The molecule has 0 aromatic heterocycles. The summed E-state index contributed by atoms with van der Waals surface area (Å²) in [7, 11) is 0. The number of carbonyl (C=O) groups excluding carboxylic acids is 4. The van der Waals surface area contributed by atoms with E-state index in [1.165, 1.54) is 19.3 Å². The summed E-state index contributed by atoms with van der Waals surface area (Å²) < 4.78 is 0. The molecule has 6 atom stereocenters. The van der Waals surface area contributed by atoms with Gasteiger partial charge in [0.25, 0.3) is 5.91 Å². The van der Waals surface area contributed by atoms with Gasteiger partial charge in [-0.3, -0.25) is 29.4 Å². The maximum atomic E-state index is 13.3. The molecular formula is C30H36N4O4. The van der Waals surface area contributed by atoms with E-state index in [2.05, 4.69) is 21.6 Å². The van der Waals surface area contributed by atoms with Crippen LogP contribution in [-0.4, -0.2) is 64.6 Å². The van der Waals surface area contributed by atoms with Crippen LogP contribution in [0.25, 0.3) is 0 Å². The van der Waals surface area contributed by atoms with Crippen molar-refractivity contribution >= 4 is 23.6 Å². The Balaban J connectivity index is 0.879. The van der Waals surface area contributed by atoms with Gasteiger partial charge in [0, 0.05) is 24.6 Å². The molecule has 1 aromatic carbocycles. The van der Waals surface area contributed by atoms with Crippen LogP contribution < -0.4 is 10.6 Å². The number of rotatable bonds is 7. The number of likely N-dealkylation sites (tertiary alicyclic amines) is 1. The van der Waals surface area contributed by atoms with Crippen molar-refractivity contribution in [2.45, 2.75) is 82.5 Å². The predicted molar refractivity (Wildman–Crippen MR) is 138 cm³/mol. The van der Waals surface area contributed by atoms with Crippen molar-refractivity contribution in [3.8, 4) is 0 Å². The summed E-state index contributed by atoms with van der Waals surface area (Å²) in [4.78, 5) is 54.4. The maximum Gasteiger partial charge on any atom is 0.255 e. The number of fused-ring (bicyclic) bond motifs is 1. The lowest BCUT2D eigenvalue weighted by molar-refractivity contribution is -0.390. The first-order valence-electron chi connectivity index (χ1n) is 14.8. The van der Waals surface area contributed by atoms with Crippen molar-refractivity contribution in [3.05, 3.63) is 34.9 Å². The molecule has 4 saturated carbocycles. The van der Waals surface area contributed by atoms with E-state index in [9.17, 15) is 19.2 Å². The SMILES string of the molecule is O=C1CCC(N2Cc3c(CCCN4CCCC4C(=O)NC4C5CC6CC7CC4C675)cccc3C2=O)C(=O)N1. The van der Waals surface area contributed by atoms with Crippen molar-refractivity contribution < 1.29 is 19.2 Å². The normalized spacial score (nSPS) is 40.2. The van der Waals surface area contributed by atoms with Gasteiger partial charge in [0.05, 0.1) is 6.04 Å². The summed E-state index contributed by atoms with van der Waals surface area (Å²) in [5.74, 6) is 2.99. The highest BCUT2D eigenvalue weighted by Crippen LogP contribution is 2.87. The Morgan fingerprint density at radius 1 is 1.08 bits per heavy atom. The summed E-state index contributed by atoms with van der Waals surface area (Å²) in [6.45, 7) is 2.26. The molecule has 8 rings (SSSR count). The lowest BCUT2D eigenvalue weighted by Gasteiger charge is -2.88. The summed E-state index contributed by atoms with van der Waals surface area (Å²) >= 11 is 0. The van der Waals surface area contributed by atoms with E-state index in [0.717, 1.165) is 73.6 Å². The van der Waals surface area contributed by atoms with Crippen LogP contribution in [0.15, 0.2) is 18.2 Å². The smallest absolute Gasteiger partial charge is 0.255 e. The van der Waals surface area contributed by atoms with E-state index in [-0.39, 0.29) is 36.1 Å². The minimum absolute atomic E-state index is 0.00855. The second-order valence-corrected chi connectivity index (χ2v) is 13.0. The molecule has 6 fully saturated rings. The molecule has 8 nitrogen and oxygen atoms in total. The van der Waals surface area contributed by atoms with E-state index < -0.39 is 6.04 Å². The summed E-state index contributed by atoms with van der Waals surface area (Å²) in [6, 6.07) is 5.70. The zero-order chi connectivity index (χ0) is 25.8. The third-order valence-electron chi connectivity index (χ3n) is 11.8. The van der Waals surface area contributed by atoms with Crippen LogP contribution in [0.4, 0.5) is 0 Å². The molecule has 7 aliphatic rings. The molecule has 8 heteroatoms. The Bertz CT molecular complexity index is 1240. The molecule has 0 bridgehead atoms. The molecule has 6 unspecified atom stereocenters. The van der Waals surface area contributed by atoms with Crippen LogP contribution in [-0.2, 0) is 27.3 Å². The predicted octanol–water partition coefficient (Wildman–Crippen LogP) is 2.01. The van der Waals surface area contributed by atoms with Crippen molar-refractivity contribution in [1.29, 1.82) is 0 Å². The van der Waals surface area contributed by atoms with E-state index in [0.29, 0.717) is 30.0 Å². The van der Waals surface area contributed by atoms with Crippen LogP contribution in [0.1, 0.15) is 72.9 Å². The molecule has 38 heavy (non-hydrogen) atoms. The second-order valence-electron chi connectivity index (χ2n) is 13.0. The number of nitrogens with zero attached hydrogens (tertiary/aromatic N) is 2. The van der Waals surface area contributed by atoms with Gasteiger partial charge in [-0.2, -0.15) is 0 Å². The molecule has 0 radical (unpaired) electrons. The van der Waals surface area contributed by atoms with Gasteiger partial charge in [0.1, 0.15) is 6.04 Å². The van der Waals surface area contributed by atoms with Gasteiger partial charge in [-0.05, 0) is 111 Å². The number of amides is 4. The van der Waals surface area contributed by atoms with Crippen LogP contribution >= 0.6 is 0 Å². The number of hydrogen-bond acceptors (Lipinski definition) is 5. The Kier molecular flexibility index (Phi) is 4.96. The highest BCUT2D eigenvalue weighted by molar-refractivity contribution is 6.05. The molecule has 3 aliphatic heterocycles. The highest BCUT2D eigenvalue weighted by atomic mass is 16.2. The molecule has 3 heterocycles. The zero-order valence-corrected chi connectivity index (χ0v) is 21.8. The first-order valence-corrected chi connectivity index (χ1v) is 14.8. The Morgan fingerprint density at radius 2 is 1.89 bits per heavy atom. The van der Waals surface area contributed by atoms with Crippen molar-refractivity contribution in [3.63, 3.8) is 0 Å². The molecule has 2 N–H and O–H groups in total. The van der Waals surface area contributed by atoms with Crippen LogP contribution in [0.3, 0.4) is 0 Å². The minimum atomic E-state index is -0.587. The number of carbonyl (C=O) groups is 4. The summed E-state index contributed by atoms with van der Waals surface area (Å²) in [5.41, 5.74) is 3.50. The van der Waals surface area contributed by atoms with Gasteiger partial charge < -0.3 is 10.2 Å². The van der Waals surface area contributed by atoms with E-state index in [1.54, 1.807) is 4.90 Å². The lowest BCUT2D eigenvalue weighted by atomic mass is 9.17. The average Bonchev–Trinajstić information content (AvgIpc) is 3.45. The summed E-state index contributed by atoms with van der Waals surface area (Å²) in [6.07, 6.45) is 8.56. The van der Waals surface area contributed by atoms with Crippen molar-refractivity contribution in [1.82, 2.24) is 20.4 Å². The molecule has 1 spiro atoms. The van der Waals surface area contributed by atoms with E-state index >= 15 is 0 Å². The standard InChI is InChI=1S/C30H36N4O4/c35-25-9-8-24(28(37)31-25)34-15-20-16(4-1-6-19(20)29(34)38)5-2-10-33-11-3-7-23(33)27(36)32-26-21-13-17-12-18-14-22(26)30(17,18)21/h1,4,6,17-18,21-24,26H,2-3,5,7-15H2,(H,32,36)(H,31,35,37). The number of aryl methyl sites for hydroxylation is 1. The molecule has 4 amide bonds. The number of benzene rings is 1. The van der Waals surface area contributed by atoms with Crippen molar-refractivity contribution in [2.75, 3.05) is 13.1 Å². The number of nitrogens with one attached hydrogen (secondary N) is 2. The third kappa shape index (κ3) is 2.95. The Hall–Kier alpha value is -2.74. The zero-order valence-electron chi connectivity index (χ0n) is 21.8. The topological polar surface area (TPSA) is 98.8 Å². The fourth-order valence-corrected chi connectivity index (χ4v) is 10.00. The average molecular weight is 517 g/mol. The fourth-order valence-electron chi connectivity index (χ4n) is 10.00. The van der Waals surface area contributed by atoms with Crippen LogP contribution in [0.2, 0.25) is 0 Å². The first-order chi connectivity index (χ1) is 18.5. The number of piperidine rings is 1. The van der Waals surface area contributed by atoms with Gasteiger partial charge in [0.15, 0.2) is 0 Å². The first kappa shape index (κ1) is 23.2. The third-order valence-corrected chi connectivity index (χ3v) is 11.8. The van der Waals surface area contributed by atoms with Crippen LogP contribution in [0, 0.1) is 29.1 Å². The molecule has 1 aromatic rings. The molecule has 4 aliphatic carbocycles. The number of imide groups is 1. The number of hydrogen-bond donors (Lipinski definition) is 2.